The fraction of sp³-hybridized carbons (Fsp3) is 0.333. The van der Waals surface area contributed by atoms with Gasteiger partial charge in [0.1, 0.15) is 11.6 Å². The molecule has 2 heterocycles. The number of carbonyl (C=O) groups excluding carboxylic acids is 1. The SMILES string of the molecule is CC(C)C(=O)Nc1c2c(nn1-c1ccc(F)cc1)CS(=O)C2. The molecule has 0 fully saturated rings. The van der Waals surface area contributed by atoms with Crippen LogP contribution in [0.3, 0.4) is 0 Å². The molecule has 1 N–H and O–H groups in total. The van der Waals surface area contributed by atoms with Crippen LogP contribution in [0.25, 0.3) is 5.69 Å². The fourth-order valence-electron chi connectivity index (χ4n) is 2.29. The number of hydrogen-bond acceptors (Lipinski definition) is 3. The highest BCUT2D eigenvalue weighted by Gasteiger charge is 2.28. The first-order valence-corrected chi connectivity index (χ1v) is 8.47. The Bertz CT molecular complexity index is 753. The van der Waals surface area contributed by atoms with E-state index in [-0.39, 0.29) is 17.6 Å². The Morgan fingerprint density at radius 3 is 2.64 bits per heavy atom. The molecule has 1 unspecified atom stereocenters. The van der Waals surface area contributed by atoms with E-state index >= 15 is 0 Å². The largest absolute Gasteiger partial charge is 0.310 e. The van der Waals surface area contributed by atoms with Gasteiger partial charge in [0.25, 0.3) is 0 Å². The van der Waals surface area contributed by atoms with E-state index < -0.39 is 10.8 Å². The molecule has 0 saturated carbocycles. The van der Waals surface area contributed by atoms with Gasteiger partial charge in [-0.3, -0.25) is 9.00 Å². The van der Waals surface area contributed by atoms with Crippen molar-refractivity contribution in [1.82, 2.24) is 9.78 Å². The van der Waals surface area contributed by atoms with Gasteiger partial charge in [0, 0.05) is 22.3 Å². The topological polar surface area (TPSA) is 64.0 Å². The van der Waals surface area contributed by atoms with Crippen molar-refractivity contribution in [3.63, 3.8) is 0 Å². The van der Waals surface area contributed by atoms with Gasteiger partial charge in [-0.15, -0.1) is 0 Å². The van der Waals surface area contributed by atoms with Crippen LogP contribution < -0.4 is 5.32 Å². The van der Waals surface area contributed by atoms with E-state index in [1.165, 1.54) is 12.1 Å². The average Bonchev–Trinajstić information content (AvgIpc) is 2.97. The summed E-state index contributed by atoms with van der Waals surface area (Å²) in [6, 6.07) is 5.88. The number of benzene rings is 1. The first-order chi connectivity index (χ1) is 10.5. The fourth-order valence-corrected chi connectivity index (χ4v) is 3.55. The Balaban J connectivity index is 2.06. The Morgan fingerprint density at radius 2 is 2.00 bits per heavy atom. The quantitative estimate of drug-likeness (QED) is 0.944. The second-order valence-electron chi connectivity index (χ2n) is 5.53. The molecule has 3 rings (SSSR count). The zero-order chi connectivity index (χ0) is 15.9. The maximum atomic E-state index is 13.1. The summed E-state index contributed by atoms with van der Waals surface area (Å²) in [6.45, 7) is 3.60. The zero-order valence-corrected chi connectivity index (χ0v) is 13.1. The molecular weight excluding hydrogens is 305 g/mol. The number of rotatable bonds is 3. The summed E-state index contributed by atoms with van der Waals surface area (Å²) >= 11 is 0. The summed E-state index contributed by atoms with van der Waals surface area (Å²) in [6.07, 6.45) is 0. The van der Waals surface area contributed by atoms with Gasteiger partial charge in [0.15, 0.2) is 0 Å². The van der Waals surface area contributed by atoms with Gasteiger partial charge < -0.3 is 5.32 Å². The molecule has 1 atom stereocenters. The van der Waals surface area contributed by atoms with Crippen LogP contribution in [0.1, 0.15) is 25.1 Å². The molecule has 1 amide bonds. The summed E-state index contributed by atoms with van der Waals surface area (Å²) < 4.78 is 26.4. The van der Waals surface area contributed by atoms with Crippen molar-refractivity contribution >= 4 is 22.5 Å². The number of amides is 1. The van der Waals surface area contributed by atoms with Crippen molar-refractivity contribution < 1.29 is 13.4 Å². The van der Waals surface area contributed by atoms with E-state index in [0.717, 1.165) is 11.3 Å². The monoisotopic (exact) mass is 321 g/mol. The van der Waals surface area contributed by atoms with Crippen LogP contribution in [0.5, 0.6) is 0 Å². The molecule has 0 radical (unpaired) electrons. The predicted molar refractivity (Wildman–Crippen MR) is 82.5 cm³/mol. The van der Waals surface area contributed by atoms with Gasteiger partial charge in [-0.25, -0.2) is 9.07 Å². The molecule has 7 heteroatoms. The Hall–Kier alpha value is -2.02. The number of aromatic nitrogens is 2. The first-order valence-electron chi connectivity index (χ1n) is 6.98. The Kier molecular flexibility index (Phi) is 3.82. The van der Waals surface area contributed by atoms with Gasteiger partial charge in [-0.2, -0.15) is 5.10 Å². The van der Waals surface area contributed by atoms with E-state index in [1.807, 2.05) is 0 Å². The molecule has 1 aromatic heterocycles. The summed E-state index contributed by atoms with van der Waals surface area (Å²) in [5, 5.41) is 7.30. The Labute approximate surface area is 130 Å². The lowest BCUT2D eigenvalue weighted by atomic mass is 10.2. The maximum absolute atomic E-state index is 13.1. The lowest BCUT2D eigenvalue weighted by Gasteiger charge is -2.12. The van der Waals surface area contributed by atoms with E-state index in [0.29, 0.717) is 23.0 Å². The van der Waals surface area contributed by atoms with Gasteiger partial charge in [-0.1, -0.05) is 13.8 Å². The Morgan fingerprint density at radius 1 is 1.32 bits per heavy atom. The zero-order valence-electron chi connectivity index (χ0n) is 12.3. The van der Waals surface area contributed by atoms with E-state index in [4.69, 9.17) is 0 Å². The van der Waals surface area contributed by atoms with E-state index in [9.17, 15) is 13.4 Å². The van der Waals surface area contributed by atoms with Crippen LogP contribution in [-0.4, -0.2) is 19.9 Å². The number of carbonyl (C=O) groups is 1. The maximum Gasteiger partial charge on any atom is 0.228 e. The highest BCUT2D eigenvalue weighted by Crippen LogP contribution is 2.31. The van der Waals surface area contributed by atoms with Crippen molar-refractivity contribution in [2.24, 2.45) is 5.92 Å². The number of fused-ring (bicyclic) bond motifs is 1. The van der Waals surface area contributed by atoms with Crippen LogP contribution >= 0.6 is 0 Å². The molecule has 0 bridgehead atoms. The normalized spacial score (nSPS) is 16.8. The number of hydrogen-bond donors (Lipinski definition) is 1. The van der Waals surface area contributed by atoms with Crippen molar-refractivity contribution in [3.8, 4) is 5.69 Å². The summed E-state index contributed by atoms with van der Waals surface area (Å²) in [7, 11) is -0.979. The molecule has 5 nitrogen and oxygen atoms in total. The molecule has 1 aliphatic heterocycles. The van der Waals surface area contributed by atoms with Crippen LogP contribution in [0, 0.1) is 11.7 Å². The third-order valence-corrected chi connectivity index (χ3v) is 4.71. The molecule has 0 spiro atoms. The minimum atomic E-state index is -0.979. The minimum Gasteiger partial charge on any atom is -0.310 e. The molecular formula is C15H16FN3O2S. The van der Waals surface area contributed by atoms with Crippen LogP contribution in [0.4, 0.5) is 10.2 Å². The van der Waals surface area contributed by atoms with Crippen LogP contribution in [-0.2, 0) is 27.1 Å². The summed E-state index contributed by atoms with van der Waals surface area (Å²) in [5.74, 6) is 0.643. The molecule has 116 valence electrons. The average molecular weight is 321 g/mol. The second-order valence-corrected chi connectivity index (χ2v) is 6.99. The highest BCUT2D eigenvalue weighted by atomic mass is 32.2. The van der Waals surface area contributed by atoms with Gasteiger partial charge in [-0.05, 0) is 24.3 Å². The molecule has 22 heavy (non-hydrogen) atoms. The molecule has 1 aliphatic rings. The number of nitrogens with zero attached hydrogens (tertiary/aromatic N) is 2. The highest BCUT2D eigenvalue weighted by molar-refractivity contribution is 7.83. The van der Waals surface area contributed by atoms with Crippen molar-refractivity contribution in [3.05, 3.63) is 41.3 Å². The molecule has 1 aromatic carbocycles. The van der Waals surface area contributed by atoms with Gasteiger partial charge in [0.05, 0.1) is 22.9 Å². The standard InChI is InChI=1S/C15H16FN3O2S/c1-9(2)15(20)17-14-12-7-22(21)8-13(12)18-19(14)11-5-3-10(16)4-6-11/h3-6,9H,7-8H2,1-2H3,(H,17,20). The molecule has 2 aromatic rings. The van der Waals surface area contributed by atoms with E-state index in [2.05, 4.69) is 10.4 Å². The van der Waals surface area contributed by atoms with Crippen molar-refractivity contribution in [2.45, 2.75) is 25.4 Å². The van der Waals surface area contributed by atoms with E-state index in [1.54, 1.807) is 30.7 Å². The van der Waals surface area contributed by atoms with Crippen molar-refractivity contribution in [1.29, 1.82) is 0 Å². The van der Waals surface area contributed by atoms with Crippen LogP contribution in [0.2, 0.25) is 0 Å². The lowest BCUT2D eigenvalue weighted by Crippen LogP contribution is -2.21. The smallest absolute Gasteiger partial charge is 0.228 e. The number of halogens is 1. The van der Waals surface area contributed by atoms with Gasteiger partial charge >= 0.3 is 0 Å². The summed E-state index contributed by atoms with van der Waals surface area (Å²) in [4.78, 5) is 12.0. The second kappa shape index (κ2) is 5.64. The number of nitrogens with one attached hydrogen (secondary N) is 1. The lowest BCUT2D eigenvalue weighted by molar-refractivity contribution is -0.118. The van der Waals surface area contributed by atoms with Gasteiger partial charge in [0.2, 0.25) is 5.91 Å². The third-order valence-electron chi connectivity index (χ3n) is 3.51. The molecule has 0 saturated heterocycles. The predicted octanol–water partition coefficient (Wildman–Crippen LogP) is 2.37. The summed E-state index contributed by atoms with van der Waals surface area (Å²) in [5.41, 5.74) is 2.18. The first kappa shape index (κ1) is 14.9. The minimum absolute atomic E-state index is 0.135. The third kappa shape index (κ3) is 2.68. The molecule has 0 aliphatic carbocycles. The van der Waals surface area contributed by atoms with Crippen molar-refractivity contribution in [2.75, 3.05) is 5.32 Å². The van der Waals surface area contributed by atoms with Crippen LogP contribution in [0.15, 0.2) is 24.3 Å². The number of anilines is 1.